The maximum absolute atomic E-state index is 12.5. The molecule has 0 spiro atoms. The highest BCUT2D eigenvalue weighted by Gasteiger charge is 2.27. The van der Waals surface area contributed by atoms with Crippen molar-refractivity contribution in [2.75, 3.05) is 52.2 Å². The number of hydrogen-bond donors (Lipinski definition) is 1. The van der Waals surface area contributed by atoms with Gasteiger partial charge in [0, 0.05) is 44.4 Å². The zero-order valence-electron chi connectivity index (χ0n) is 11.6. The van der Waals surface area contributed by atoms with E-state index in [4.69, 9.17) is 10.5 Å². The van der Waals surface area contributed by atoms with Gasteiger partial charge in [-0.2, -0.15) is 4.31 Å². The quantitative estimate of drug-likeness (QED) is 0.863. The molecule has 1 aliphatic heterocycles. The second kappa shape index (κ2) is 6.86. The number of nitrogens with zero attached hydrogens (tertiary/aromatic N) is 2. The van der Waals surface area contributed by atoms with Crippen LogP contribution in [0.3, 0.4) is 0 Å². The Hall–Kier alpha value is -0.670. The summed E-state index contributed by atoms with van der Waals surface area (Å²) in [6.45, 7) is 4.24. The first kappa shape index (κ1) is 15.7. The van der Waals surface area contributed by atoms with Crippen LogP contribution in [0.4, 0.5) is 5.69 Å². The molecule has 1 aromatic rings. The highest BCUT2D eigenvalue weighted by molar-refractivity contribution is 7.91. The molecule has 0 saturated carbocycles. The lowest BCUT2D eigenvalue weighted by atomic mass is 10.4. The van der Waals surface area contributed by atoms with Crippen molar-refractivity contribution in [2.45, 2.75) is 10.6 Å². The monoisotopic (exact) mass is 319 g/mol. The maximum Gasteiger partial charge on any atom is 0.252 e. The van der Waals surface area contributed by atoms with Crippen molar-refractivity contribution in [3.8, 4) is 0 Å². The number of nitrogens with two attached hydrogens (primary N) is 1. The van der Waals surface area contributed by atoms with Crippen LogP contribution < -0.4 is 5.73 Å². The van der Waals surface area contributed by atoms with Gasteiger partial charge in [0.2, 0.25) is 0 Å². The van der Waals surface area contributed by atoms with E-state index in [1.165, 1.54) is 17.4 Å². The van der Waals surface area contributed by atoms with Gasteiger partial charge in [0.1, 0.15) is 4.21 Å². The van der Waals surface area contributed by atoms with E-state index in [1.54, 1.807) is 16.8 Å². The summed E-state index contributed by atoms with van der Waals surface area (Å²) >= 11 is 1.18. The second-order valence-corrected chi connectivity index (χ2v) is 7.87. The number of anilines is 1. The topological polar surface area (TPSA) is 75.9 Å². The van der Waals surface area contributed by atoms with Gasteiger partial charge in [-0.05, 0) is 19.0 Å². The first-order chi connectivity index (χ1) is 9.54. The van der Waals surface area contributed by atoms with E-state index in [9.17, 15) is 8.42 Å². The molecule has 2 heterocycles. The number of hydrogen-bond acceptors (Lipinski definition) is 6. The van der Waals surface area contributed by atoms with E-state index in [2.05, 4.69) is 4.90 Å². The summed E-state index contributed by atoms with van der Waals surface area (Å²) in [6.07, 6.45) is 0.837. The minimum absolute atomic E-state index is 0.334. The Balaban J connectivity index is 2.02. The van der Waals surface area contributed by atoms with Crippen molar-refractivity contribution in [1.29, 1.82) is 0 Å². The van der Waals surface area contributed by atoms with Gasteiger partial charge in [0.05, 0.1) is 6.61 Å². The van der Waals surface area contributed by atoms with Crippen LogP contribution in [0, 0.1) is 0 Å². The highest BCUT2D eigenvalue weighted by Crippen LogP contribution is 2.25. The number of thiophene rings is 1. The lowest BCUT2D eigenvalue weighted by Gasteiger charge is -2.20. The lowest BCUT2D eigenvalue weighted by Crippen LogP contribution is -2.35. The summed E-state index contributed by atoms with van der Waals surface area (Å²) in [5.74, 6) is 0. The first-order valence-corrected chi connectivity index (χ1v) is 8.91. The van der Waals surface area contributed by atoms with E-state index in [1.807, 2.05) is 0 Å². The first-order valence-electron chi connectivity index (χ1n) is 6.59. The molecule has 114 valence electrons. The minimum Gasteiger partial charge on any atom is -0.398 e. The second-order valence-electron chi connectivity index (χ2n) is 4.79. The Labute approximate surface area is 124 Å². The van der Waals surface area contributed by atoms with E-state index in [0.29, 0.717) is 29.6 Å². The number of ether oxygens (including phenoxy) is 1. The molecule has 2 N–H and O–H groups in total. The van der Waals surface area contributed by atoms with Gasteiger partial charge in [-0.1, -0.05) is 0 Å². The van der Waals surface area contributed by atoms with Crippen molar-refractivity contribution >= 4 is 27.0 Å². The fourth-order valence-corrected chi connectivity index (χ4v) is 4.93. The van der Waals surface area contributed by atoms with Crippen LogP contribution in [0.2, 0.25) is 0 Å². The molecule has 0 amide bonds. The smallest absolute Gasteiger partial charge is 0.252 e. The van der Waals surface area contributed by atoms with Gasteiger partial charge in [-0.15, -0.1) is 11.3 Å². The molecule has 0 radical (unpaired) electrons. The van der Waals surface area contributed by atoms with Crippen molar-refractivity contribution in [1.82, 2.24) is 9.21 Å². The molecular weight excluding hydrogens is 298 g/mol. The molecule has 1 fully saturated rings. The molecule has 0 atom stereocenters. The number of rotatable bonds is 5. The summed E-state index contributed by atoms with van der Waals surface area (Å²) < 4.78 is 32.0. The van der Waals surface area contributed by atoms with Crippen LogP contribution in [-0.2, 0) is 14.8 Å². The number of nitrogen functional groups attached to an aromatic ring is 1. The molecule has 0 unspecified atom stereocenters. The van der Waals surface area contributed by atoms with Crippen LogP contribution in [-0.4, -0.2) is 64.1 Å². The summed E-state index contributed by atoms with van der Waals surface area (Å²) in [6, 6.07) is 1.54. The maximum atomic E-state index is 12.5. The van der Waals surface area contributed by atoms with Crippen molar-refractivity contribution in [3.05, 3.63) is 11.4 Å². The van der Waals surface area contributed by atoms with Crippen LogP contribution in [0.1, 0.15) is 6.42 Å². The third-order valence-corrected chi connectivity index (χ3v) is 6.68. The van der Waals surface area contributed by atoms with Crippen LogP contribution in [0.25, 0.3) is 0 Å². The van der Waals surface area contributed by atoms with Gasteiger partial charge in [0.15, 0.2) is 0 Å². The Morgan fingerprint density at radius 1 is 1.35 bits per heavy atom. The predicted octanol–water partition coefficient (Wildman–Crippen LogP) is 0.673. The van der Waals surface area contributed by atoms with Crippen LogP contribution in [0.15, 0.2) is 15.7 Å². The standard InChI is InChI=1S/C12H21N3O3S2/c1-18-8-7-14-3-2-4-15(6-5-14)20(16,17)12-9-11(13)10-19-12/h9-10H,2-8,13H2,1H3. The number of methoxy groups -OCH3 is 1. The summed E-state index contributed by atoms with van der Waals surface area (Å²) in [4.78, 5) is 2.24. The Bertz CT molecular complexity index is 530. The average Bonchev–Trinajstić information content (AvgIpc) is 2.72. The van der Waals surface area contributed by atoms with Crippen molar-refractivity contribution in [2.24, 2.45) is 0 Å². The highest BCUT2D eigenvalue weighted by atomic mass is 32.2. The summed E-state index contributed by atoms with van der Waals surface area (Å²) in [7, 11) is -1.72. The minimum atomic E-state index is -3.39. The van der Waals surface area contributed by atoms with Crippen LogP contribution in [0.5, 0.6) is 0 Å². The Kier molecular flexibility index (Phi) is 5.39. The molecule has 20 heavy (non-hydrogen) atoms. The summed E-state index contributed by atoms with van der Waals surface area (Å²) in [5, 5.41) is 1.66. The Morgan fingerprint density at radius 2 is 2.15 bits per heavy atom. The molecule has 0 aliphatic carbocycles. The fraction of sp³-hybridized carbons (Fsp3) is 0.667. The van der Waals surface area contributed by atoms with Gasteiger partial charge >= 0.3 is 0 Å². The molecule has 2 rings (SSSR count). The SMILES string of the molecule is COCCN1CCCN(S(=O)(=O)c2cc(N)cs2)CC1. The van der Waals surface area contributed by atoms with Gasteiger partial charge in [0.25, 0.3) is 10.0 Å². The van der Waals surface area contributed by atoms with Gasteiger partial charge in [-0.3, -0.25) is 4.90 Å². The predicted molar refractivity (Wildman–Crippen MR) is 80.4 cm³/mol. The molecule has 0 aromatic carbocycles. The molecule has 0 bridgehead atoms. The van der Waals surface area contributed by atoms with E-state index in [-0.39, 0.29) is 0 Å². The average molecular weight is 319 g/mol. The normalized spacial score (nSPS) is 19.1. The Morgan fingerprint density at radius 3 is 2.80 bits per heavy atom. The molecular formula is C12H21N3O3S2. The molecule has 6 nitrogen and oxygen atoms in total. The van der Waals surface area contributed by atoms with E-state index < -0.39 is 10.0 Å². The molecule has 1 saturated heterocycles. The van der Waals surface area contributed by atoms with E-state index in [0.717, 1.165) is 26.1 Å². The number of sulfonamides is 1. The van der Waals surface area contributed by atoms with Crippen molar-refractivity contribution in [3.63, 3.8) is 0 Å². The van der Waals surface area contributed by atoms with Crippen LogP contribution >= 0.6 is 11.3 Å². The lowest BCUT2D eigenvalue weighted by molar-refractivity contribution is 0.151. The van der Waals surface area contributed by atoms with E-state index >= 15 is 0 Å². The summed E-state index contributed by atoms with van der Waals surface area (Å²) in [5.41, 5.74) is 6.12. The molecule has 8 heteroatoms. The third-order valence-electron chi connectivity index (χ3n) is 3.35. The molecule has 1 aliphatic rings. The van der Waals surface area contributed by atoms with Gasteiger partial charge in [-0.25, -0.2) is 8.42 Å². The molecule has 1 aromatic heterocycles. The fourth-order valence-electron chi connectivity index (χ4n) is 2.22. The van der Waals surface area contributed by atoms with Crippen molar-refractivity contribution < 1.29 is 13.2 Å². The van der Waals surface area contributed by atoms with Gasteiger partial charge < -0.3 is 10.5 Å². The largest absolute Gasteiger partial charge is 0.398 e. The zero-order chi connectivity index (χ0) is 14.6. The third kappa shape index (κ3) is 3.70. The zero-order valence-corrected chi connectivity index (χ0v) is 13.3.